The maximum absolute atomic E-state index is 11.6. The second-order valence-corrected chi connectivity index (χ2v) is 9.68. The van der Waals surface area contributed by atoms with Gasteiger partial charge < -0.3 is 21.5 Å². The van der Waals surface area contributed by atoms with Crippen molar-refractivity contribution in [2.45, 2.75) is 32.4 Å². The van der Waals surface area contributed by atoms with Crippen LogP contribution in [-0.4, -0.2) is 35.1 Å². The first-order chi connectivity index (χ1) is 12.8. The molecule has 2 aromatic rings. The van der Waals surface area contributed by atoms with Crippen molar-refractivity contribution in [3.8, 4) is 5.75 Å². The van der Waals surface area contributed by atoms with Crippen molar-refractivity contribution < 1.29 is 39.6 Å². The van der Waals surface area contributed by atoms with Crippen molar-refractivity contribution >= 4 is 19.0 Å². The van der Waals surface area contributed by atoms with Gasteiger partial charge in [0.05, 0.1) is 6.10 Å². The first-order valence-corrected chi connectivity index (χ1v) is 11.4. The maximum Gasteiger partial charge on any atom is 1.00 e. The Morgan fingerprint density at radius 2 is 1.93 bits per heavy atom. The maximum atomic E-state index is 11.6. The Labute approximate surface area is 185 Å². The Hall–Kier alpha value is -0.763. The molecule has 5 nitrogen and oxygen atoms in total. The average molecular weight is 420 g/mol. The summed E-state index contributed by atoms with van der Waals surface area (Å²) in [4.78, 5) is 9.55. The van der Waals surface area contributed by atoms with E-state index in [1.165, 1.54) is 0 Å². The summed E-state index contributed by atoms with van der Waals surface area (Å²) in [5, 5.41) is 14.2. The molecule has 0 bridgehead atoms. The molecule has 0 saturated carbocycles. The van der Waals surface area contributed by atoms with Crippen molar-refractivity contribution in [1.82, 2.24) is 5.32 Å². The molecule has 0 aliphatic rings. The van der Waals surface area contributed by atoms with E-state index >= 15 is 0 Å². The molecule has 3 atom stereocenters. The Kier molecular flexibility index (Phi) is 10.9. The summed E-state index contributed by atoms with van der Waals surface area (Å²) in [6, 6.07) is 14.9. The first-order valence-electron chi connectivity index (χ1n) is 8.98. The van der Waals surface area contributed by atoms with Crippen molar-refractivity contribution in [2.24, 2.45) is 0 Å². The van der Waals surface area contributed by atoms with Crippen molar-refractivity contribution in [1.29, 1.82) is 0 Å². The number of hydrogen-bond donors (Lipinski definition) is 3. The van der Waals surface area contributed by atoms with Crippen molar-refractivity contribution in [2.75, 3.05) is 19.1 Å². The van der Waals surface area contributed by atoms with Crippen LogP contribution >= 0.6 is 19.0 Å². The van der Waals surface area contributed by atoms with Gasteiger partial charge in [0.25, 0.3) is 0 Å². The largest absolute Gasteiger partial charge is 1.00 e. The number of aliphatic hydroxyl groups is 1. The number of benzene rings is 2. The standard InChI is InChI=1S/C20H27ClNO4P.Li.H/c1-3-27(24,25)14-26-19-9-7-16(8-10-19)11-15(2)22-13-20(23)17-5-4-6-18(21)12-17;;/h4-10,12,15,20,22-23H,3,11,13-14H2,1-2H3,(H,24,25);;/q;+1;-1. The van der Waals surface area contributed by atoms with Gasteiger partial charge in [-0.15, -0.1) is 0 Å². The predicted molar refractivity (Wildman–Crippen MR) is 111 cm³/mol. The average Bonchev–Trinajstić information content (AvgIpc) is 2.65. The van der Waals surface area contributed by atoms with Gasteiger partial charge in [-0.05, 0) is 48.7 Å². The van der Waals surface area contributed by atoms with E-state index in [1.54, 1.807) is 31.2 Å². The molecule has 3 unspecified atom stereocenters. The van der Waals surface area contributed by atoms with Gasteiger partial charge in [0.1, 0.15) is 5.75 Å². The van der Waals surface area contributed by atoms with Crippen LogP contribution in [0, 0.1) is 0 Å². The van der Waals surface area contributed by atoms with E-state index in [4.69, 9.17) is 16.3 Å². The van der Waals surface area contributed by atoms with E-state index in [1.807, 2.05) is 24.3 Å². The summed E-state index contributed by atoms with van der Waals surface area (Å²) in [5.41, 5.74) is 1.90. The smallest absolute Gasteiger partial charge is 1.00 e. The van der Waals surface area contributed by atoms with E-state index in [-0.39, 0.29) is 38.8 Å². The van der Waals surface area contributed by atoms with Gasteiger partial charge in [-0.25, -0.2) is 0 Å². The molecule has 2 rings (SSSR count). The molecule has 28 heavy (non-hydrogen) atoms. The van der Waals surface area contributed by atoms with Crippen molar-refractivity contribution in [3.63, 3.8) is 0 Å². The molecule has 0 heterocycles. The molecule has 0 aliphatic carbocycles. The molecule has 150 valence electrons. The molecule has 2 aromatic carbocycles. The molecule has 0 radical (unpaired) electrons. The van der Waals surface area contributed by atoms with Gasteiger partial charge in [-0.2, -0.15) is 0 Å². The summed E-state index contributed by atoms with van der Waals surface area (Å²) in [7, 11) is -3.18. The predicted octanol–water partition coefficient (Wildman–Crippen LogP) is 1.34. The van der Waals surface area contributed by atoms with E-state index in [9.17, 15) is 14.6 Å². The van der Waals surface area contributed by atoms with Crippen LogP contribution in [0.2, 0.25) is 5.02 Å². The van der Waals surface area contributed by atoms with Crippen LogP contribution in [0.15, 0.2) is 48.5 Å². The summed E-state index contributed by atoms with van der Waals surface area (Å²) in [6.45, 7) is 4.16. The number of rotatable bonds is 10. The van der Waals surface area contributed by atoms with Gasteiger partial charge in [-0.1, -0.05) is 42.8 Å². The van der Waals surface area contributed by atoms with Crippen LogP contribution in [0.1, 0.15) is 32.5 Å². The molecule has 3 N–H and O–H groups in total. The van der Waals surface area contributed by atoms with Crippen molar-refractivity contribution in [3.05, 3.63) is 64.7 Å². The Morgan fingerprint density at radius 1 is 1.25 bits per heavy atom. The van der Waals surface area contributed by atoms with Crippen LogP contribution in [0.3, 0.4) is 0 Å². The fraction of sp³-hybridized carbons (Fsp3) is 0.400. The molecule has 0 aliphatic heterocycles. The topological polar surface area (TPSA) is 78.8 Å². The number of aliphatic hydroxyl groups excluding tert-OH is 1. The number of nitrogens with one attached hydrogen (secondary N) is 1. The summed E-state index contributed by atoms with van der Waals surface area (Å²) < 4.78 is 17.0. The fourth-order valence-electron chi connectivity index (χ4n) is 2.56. The third kappa shape index (κ3) is 8.72. The Morgan fingerprint density at radius 3 is 2.54 bits per heavy atom. The van der Waals surface area contributed by atoms with Gasteiger partial charge in [-0.3, -0.25) is 4.57 Å². The Bertz CT molecular complexity index is 781. The van der Waals surface area contributed by atoms with Gasteiger partial charge in [0.15, 0.2) is 6.35 Å². The third-order valence-corrected chi connectivity index (χ3v) is 6.04. The summed E-state index contributed by atoms with van der Waals surface area (Å²) >= 11 is 5.96. The number of ether oxygens (including phenoxy) is 1. The molecular formula is C20H28ClLiNO4P. The zero-order valence-electron chi connectivity index (χ0n) is 17.6. The number of halogens is 1. The van der Waals surface area contributed by atoms with Gasteiger partial charge in [0.2, 0.25) is 7.37 Å². The van der Waals surface area contributed by atoms with Crippen LogP contribution in [0.25, 0.3) is 0 Å². The summed E-state index contributed by atoms with van der Waals surface area (Å²) in [5.74, 6) is 0.582. The molecule has 0 saturated heterocycles. The minimum Gasteiger partial charge on any atom is -1.00 e. The summed E-state index contributed by atoms with van der Waals surface area (Å²) in [6.07, 6.45) is 0.211. The number of hydrogen-bond acceptors (Lipinski definition) is 4. The van der Waals surface area contributed by atoms with Gasteiger partial charge in [0, 0.05) is 23.8 Å². The zero-order chi connectivity index (χ0) is 19.9. The zero-order valence-corrected chi connectivity index (χ0v) is 18.3. The van der Waals surface area contributed by atoms with E-state index in [0.717, 1.165) is 17.5 Å². The fourth-order valence-corrected chi connectivity index (χ4v) is 3.29. The first kappa shape index (κ1) is 25.3. The van der Waals surface area contributed by atoms with E-state index < -0.39 is 13.5 Å². The third-order valence-electron chi connectivity index (χ3n) is 4.29. The van der Waals surface area contributed by atoms with E-state index in [0.29, 0.717) is 17.3 Å². The SMILES string of the molecule is CCP(=O)(O)COc1ccc(CC(C)NCC(O)c2cccc(Cl)c2)cc1.[H-].[Li+]. The Balaban J connectivity index is 0.00000392. The minimum absolute atomic E-state index is 0. The second-order valence-electron chi connectivity index (χ2n) is 6.66. The molecule has 0 amide bonds. The van der Waals surface area contributed by atoms with Crippen LogP contribution in [0.4, 0.5) is 0 Å². The molecule has 0 spiro atoms. The van der Waals surface area contributed by atoms with Crippen LogP contribution in [-0.2, 0) is 11.0 Å². The van der Waals surface area contributed by atoms with E-state index in [2.05, 4.69) is 12.2 Å². The normalized spacial score (nSPS) is 15.2. The quantitative estimate of drug-likeness (QED) is 0.400. The van der Waals surface area contributed by atoms with Crippen LogP contribution < -0.4 is 28.9 Å². The molecular weight excluding hydrogens is 392 g/mol. The minimum atomic E-state index is -3.18. The molecule has 0 fully saturated rings. The van der Waals surface area contributed by atoms with Gasteiger partial charge >= 0.3 is 18.9 Å². The monoisotopic (exact) mass is 419 g/mol. The molecule has 0 aromatic heterocycles. The second kappa shape index (κ2) is 12.1. The van der Waals surface area contributed by atoms with Crippen LogP contribution in [0.5, 0.6) is 5.75 Å². The molecule has 8 heteroatoms.